The molecule has 0 fully saturated rings. The number of nitrogens with zero attached hydrogens (tertiary/aromatic N) is 1. The van der Waals surface area contributed by atoms with E-state index >= 15 is 0 Å². The first-order valence-electron chi connectivity index (χ1n) is 4.48. The van der Waals surface area contributed by atoms with E-state index in [1.54, 1.807) is 25.3 Å². The summed E-state index contributed by atoms with van der Waals surface area (Å²) < 4.78 is 0. The lowest BCUT2D eigenvalue weighted by molar-refractivity contribution is 0.253. The molecule has 0 amide bonds. The van der Waals surface area contributed by atoms with Gasteiger partial charge in [0.1, 0.15) is 18.4 Å². The van der Waals surface area contributed by atoms with Crippen molar-refractivity contribution in [2.24, 2.45) is 0 Å². The van der Waals surface area contributed by atoms with Crippen molar-refractivity contribution >= 4 is 0 Å². The largest absolute Gasteiger partial charge is 0.384 e. The van der Waals surface area contributed by atoms with Crippen molar-refractivity contribution in [3.05, 3.63) is 29.6 Å². The van der Waals surface area contributed by atoms with Gasteiger partial charge < -0.3 is 10.2 Å². The number of aliphatic hydroxyl groups excluding tert-OH is 2. The Morgan fingerprint density at radius 2 is 2.20 bits per heavy atom. The molecule has 0 spiro atoms. The van der Waals surface area contributed by atoms with Crippen LogP contribution in [0, 0.1) is 23.7 Å². The zero-order valence-corrected chi connectivity index (χ0v) is 8.36. The fourth-order valence-electron chi connectivity index (χ4n) is 0.860. The van der Waals surface area contributed by atoms with Gasteiger partial charge in [-0.15, -0.1) is 0 Å². The zero-order valence-electron chi connectivity index (χ0n) is 8.36. The average molecular weight is 201 g/mol. The third kappa shape index (κ3) is 4.28. The number of pyridine rings is 1. The summed E-state index contributed by atoms with van der Waals surface area (Å²) in [4.78, 5) is 4.03. The van der Waals surface area contributed by atoms with Gasteiger partial charge in [-0.2, -0.15) is 0 Å². The molecule has 0 aliphatic heterocycles. The fourth-order valence-corrected chi connectivity index (χ4v) is 0.860. The Bertz CT molecular complexity index is 427. The van der Waals surface area contributed by atoms with Gasteiger partial charge in [0.05, 0.1) is 0 Å². The molecule has 0 saturated carbocycles. The highest BCUT2D eigenvalue weighted by molar-refractivity contribution is 5.36. The van der Waals surface area contributed by atoms with Crippen LogP contribution in [-0.2, 0) is 0 Å². The Morgan fingerprint density at radius 1 is 1.40 bits per heavy atom. The molecule has 0 bridgehead atoms. The number of hydrogen-bond donors (Lipinski definition) is 2. The van der Waals surface area contributed by atoms with Crippen molar-refractivity contribution in [3.63, 3.8) is 0 Å². The highest BCUT2D eigenvalue weighted by atomic mass is 16.3. The molecule has 0 aromatic carbocycles. The summed E-state index contributed by atoms with van der Waals surface area (Å²) in [6.45, 7) is 1.42. The maximum absolute atomic E-state index is 8.94. The van der Waals surface area contributed by atoms with Crippen LogP contribution in [0.2, 0.25) is 0 Å². The summed E-state index contributed by atoms with van der Waals surface area (Å²) in [6.07, 6.45) is 0.940. The van der Waals surface area contributed by atoms with Crippen molar-refractivity contribution in [1.82, 2.24) is 4.98 Å². The van der Waals surface area contributed by atoms with Gasteiger partial charge >= 0.3 is 0 Å². The topological polar surface area (TPSA) is 53.4 Å². The van der Waals surface area contributed by atoms with E-state index in [1.807, 2.05) is 0 Å². The van der Waals surface area contributed by atoms with E-state index in [1.165, 1.54) is 0 Å². The molecule has 1 aromatic heterocycles. The first-order chi connectivity index (χ1) is 7.22. The second-order valence-corrected chi connectivity index (χ2v) is 2.84. The molecule has 1 atom stereocenters. The molecule has 1 aromatic rings. The molecule has 1 heterocycles. The lowest BCUT2D eigenvalue weighted by atomic mass is 10.2. The molecule has 76 valence electrons. The first-order valence-corrected chi connectivity index (χ1v) is 4.48. The molecule has 3 heteroatoms. The predicted molar refractivity (Wildman–Crippen MR) is 56.8 cm³/mol. The molecular formula is C12H11NO2. The third-order valence-corrected chi connectivity index (χ3v) is 1.48. The second kappa shape index (κ2) is 5.82. The highest BCUT2D eigenvalue weighted by Gasteiger charge is 1.90. The van der Waals surface area contributed by atoms with Crippen LogP contribution in [0.25, 0.3) is 0 Å². The quantitative estimate of drug-likeness (QED) is 0.588. The van der Waals surface area contributed by atoms with E-state index < -0.39 is 6.10 Å². The monoisotopic (exact) mass is 201 g/mol. The minimum atomic E-state index is -0.640. The summed E-state index contributed by atoms with van der Waals surface area (Å²) >= 11 is 0. The fraction of sp³-hybridized carbons (Fsp3) is 0.250. The zero-order chi connectivity index (χ0) is 11.1. The molecule has 2 N–H and O–H groups in total. The van der Waals surface area contributed by atoms with Crippen LogP contribution in [0.3, 0.4) is 0 Å². The maximum atomic E-state index is 8.94. The molecule has 1 unspecified atom stereocenters. The van der Waals surface area contributed by atoms with Crippen LogP contribution in [0.1, 0.15) is 18.2 Å². The molecule has 15 heavy (non-hydrogen) atoms. The van der Waals surface area contributed by atoms with E-state index in [-0.39, 0.29) is 6.61 Å². The maximum Gasteiger partial charge on any atom is 0.113 e. The van der Waals surface area contributed by atoms with Gasteiger partial charge in [-0.25, -0.2) is 4.98 Å². The summed E-state index contributed by atoms with van der Waals surface area (Å²) in [7, 11) is 0. The lowest BCUT2D eigenvalue weighted by Crippen LogP contribution is -1.93. The van der Waals surface area contributed by atoms with Crippen molar-refractivity contribution < 1.29 is 10.2 Å². The Hall–Kier alpha value is -1.81. The Labute approximate surface area is 88.8 Å². The number of aliphatic hydroxyl groups is 2. The first kappa shape index (κ1) is 11.3. The molecule has 0 saturated heterocycles. The van der Waals surface area contributed by atoms with Gasteiger partial charge in [-0.1, -0.05) is 17.8 Å². The van der Waals surface area contributed by atoms with Gasteiger partial charge in [0.25, 0.3) is 0 Å². The smallest absolute Gasteiger partial charge is 0.113 e. The Balaban J connectivity index is 2.78. The van der Waals surface area contributed by atoms with E-state index in [9.17, 15) is 0 Å². The third-order valence-electron chi connectivity index (χ3n) is 1.48. The minimum Gasteiger partial charge on any atom is -0.384 e. The molecule has 0 aliphatic rings. The summed E-state index contributed by atoms with van der Waals surface area (Å²) in [6, 6.07) is 3.48. The number of rotatable bonds is 0. The molecule has 0 aliphatic carbocycles. The number of aromatic nitrogens is 1. The van der Waals surface area contributed by atoms with Crippen LogP contribution in [-0.4, -0.2) is 27.9 Å². The molecule has 1 rings (SSSR count). The number of hydrogen-bond acceptors (Lipinski definition) is 3. The van der Waals surface area contributed by atoms with E-state index in [2.05, 4.69) is 28.7 Å². The van der Waals surface area contributed by atoms with Crippen molar-refractivity contribution in [1.29, 1.82) is 0 Å². The van der Waals surface area contributed by atoms with Gasteiger partial charge in [-0.05, 0) is 25.0 Å². The van der Waals surface area contributed by atoms with Crippen LogP contribution in [0.4, 0.5) is 0 Å². The van der Waals surface area contributed by atoms with Crippen LogP contribution >= 0.6 is 0 Å². The Morgan fingerprint density at radius 3 is 2.73 bits per heavy atom. The van der Waals surface area contributed by atoms with Gasteiger partial charge in [-0.3, -0.25) is 0 Å². The molecule has 3 nitrogen and oxygen atoms in total. The van der Waals surface area contributed by atoms with Crippen molar-refractivity contribution in [2.45, 2.75) is 13.0 Å². The van der Waals surface area contributed by atoms with Crippen LogP contribution < -0.4 is 0 Å². The summed E-state index contributed by atoms with van der Waals surface area (Å²) in [5.74, 6) is 10.6. The van der Waals surface area contributed by atoms with E-state index in [4.69, 9.17) is 10.2 Å². The Kier molecular flexibility index (Phi) is 4.37. The lowest BCUT2D eigenvalue weighted by Gasteiger charge is -1.91. The minimum absolute atomic E-state index is 0.175. The van der Waals surface area contributed by atoms with Crippen LogP contribution in [0.15, 0.2) is 18.3 Å². The predicted octanol–water partition coefficient (Wildman–Crippen LogP) is 0.158. The van der Waals surface area contributed by atoms with Crippen molar-refractivity contribution in [2.75, 3.05) is 6.61 Å². The molecule has 0 radical (unpaired) electrons. The standard InChI is InChI=1S/C12H11NO2/c1-10(15)4-5-11-6-7-12(13-9-11)3-2-8-14/h6-7,9-10,14-15H,8H2,1H3. The summed E-state index contributed by atoms with van der Waals surface area (Å²) in [5, 5.41) is 17.4. The van der Waals surface area contributed by atoms with Gasteiger partial charge in [0.2, 0.25) is 0 Å². The van der Waals surface area contributed by atoms with E-state index in [0.29, 0.717) is 5.69 Å². The SMILES string of the molecule is CC(O)C#Cc1ccc(C#CCO)nc1. The highest BCUT2D eigenvalue weighted by Crippen LogP contribution is 1.97. The average Bonchev–Trinajstić information content (AvgIpc) is 2.25. The normalized spacial score (nSPS) is 10.6. The second-order valence-electron chi connectivity index (χ2n) is 2.84. The van der Waals surface area contributed by atoms with Gasteiger partial charge in [0.15, 0.2) is 0 Å². The van der Waals surface area contributed by atoms with Gasteiger partial charge in [0, 0.05) is 11.8 Å². The van der Waals surface area contributed by atoms with E-state index in [0.717, 1.165) is 5.56 Å². The van der Waals surface area contributed by atoms with Crippen LogP contribution in [0.5, 0.6) is 0 Å². The molecular weight excluding hydrogens is 190 g/mol. The summed E-state index contributed by atoms with van der Waals surface area (Å²) in [5.41, 5.74) is 1.32. The van der Waals surface area contributed by atoms with Crippen molar-refractivity contribution in [3.8, 4) is 23.7 Å².